The van der Waals surface area contributed by atoms with Crippen LogP contribution in [-0.2, 0) is 15.8 Å². The molecule has 11 heteroatoms. The first-order valence-electron chi connectivity index (χ1n) is 9.73. The van der Waals surface area contributed by atoms with Gasteiger partial charge in [0.15, 0.2) is 5.82 Å². The summed E-state index contributed by atoms with van der Waals surface area (Å²) in [6.45, 7) is 0.992. The largest absolute Gasteiger partial charge is 0.416 e. The van der Waals surface area contributed by atoms with E-state index in [1.165, 1.54) is 6.20 Å². The number of hydrogen-bond donors (Lipinski definition) is 2. The minimum Gasteiger partial charge on any atom is -0.325 e. The van der Waals surface area contributed by atoms with E-state index >= 15 is 0 Å². The fourth-order valence-corrected chi connectivity index (χ4v) is 3.61. The first-order valence-corrected chi connectivity index (χ1v) is 9.73. The number of pyridine rings is 2. The molecular weight excluding hydrogens is 444 g/mol. The van der Waals surface area contributed by atoms with E-state index in [-0.39, 0.29) is 17.1 Å². The molecule has 170 valence electrons. The van der Waals surface area contributed by atoms with Crippen molar-refractivity contribution in [2.45, 2.75) is 19.0 Å². The number of nitrogens with zero attached hydrogens (tertiary/aromatic N) is 2. The van der Waals surface area contributed by atoms with E-state index in [4.69, 9.17) is 0 Å². The second-order valence-electron chi connectivity index (χ2n) is 7.41. The van der Waals surface area contributed by atoms with Crippen molar-refractivity contribution in [1.29, 1.82) is 0 Å². The van der Waals surface area contributed by atoms with Gasteiger partial charge in [-0.1, -0.05) is 0 Å². The second kappa shape index (κ2) is 8.15. The van der Waals surface area contributed by atoms with Crippen LogP contribution in [0.2, 0.25) is 0 Å². The zero-order valence-electron chi connectivity index (χ0n) is 17.0. The molecule has 2 N–H and O–H groups in total. The van der Waals surface area contributed by atoms with Crippen LogP contribution in [0.3, 0.4) is 0 Å². The van der Waals surface area contributed by atoms with Crippen LogP contribution in [0.5, 0.6) is 0 Å². The van der Waals surface area contributed by atoms with Crippen molar-refractivity contribution in [2.24, 2.45) is 0 Å². The lowest BCUT2D eigenvalue weighted by Gasteiger charge is -2.24. The number of rotatable bonds is 3. The molecule has 33 heavy (non-hydrogen) atoms. The van der Waals surface area contributed by atoms with E-state index in [1.807, 2.05) is 0 Å². The third-order valence-electron chi connectivity index (χ3n) is 5.22. The van der Waals surface area contributed by atoms with Gasteiger partial charge in [0.05, 0.1) is 28.6 Å². The fourth-order valence-electron chi connectivity index (χ4n) is 3.61. The van der Waals surface area contributed by atoms with Crippen molar-refractivity contribution < 1.29 is 27.2 Å². The number of hydrogen-bond acceptors (Lipinski definition) is 4. The van der Waals surface area contributed by atoms with Gasteiger partial charge in [0, 0.05) is 23.5 Å². The van der Waals surface area contributed by atoms with Crippen molar-refractivity contribution in [3.8, 4) is 11.3 Å². The lowest BCUT2D eigenvalue weighted by molar-refractivity contribution is -0.137. The van der Waals surface area contributed by atoms with Gasteiger partial charge in [-0.05, 0) is 43.3 Å². The number of carbonyl (C=O) groups is 2. The van der Waals surface area contributed by atoms with Gasteiger partial charge < -0.3 is 15.2 Å². The molecule has 3 heterocycles. The number of nitrogens with one attached hydrogen (secondary N) is 2. The Kier molecular flexibility index (Phi) is 5.48. The highest BCUT2D eigenvalue weighted by molar-refractivity contribution is 6.08. The summed E-state index contributed by atoms with van der Waals surface area (Å²) < 4.78 is 52.3. The number of fused-ring (bicyclic) bond motifs is 3. The van der Waals surface area contributed by atoms with Crippen LogP contribution >= 0.6 is 0 Å². The van der Waals surface area contributed by atoms with Gasteiger partial charge in [-0.15, -0.1) is 0 Å². The quantitative estimate of drug-likeness (QED) is 0.583. The van der Waals surface area contributed by atoms with Gasteiger partial charge in [0.2, 0.25) is 11.8 Å². The number of aromatic nitrogens is 2. The third kappa shape index (κ3) is 4.21. The number of H-pyrrole nitrogens is 1. The second-order valence-corrected chi connectivity index (χ2v) is 7.41. The normalized spacial score (nSPS) is 15.5. The molecule has 0 radical (unpaired) electrons. The summed E-state index contributed by atoms with van der Waals surface area (Å²) in [6.07, 6.45) is -3.05. The summed E-state index contributed by atoms with van der Waals surface area (Å²) in [7, 11) is 0. The number of anilines is 2. The molecule has 0 saturated carbocycles. The Labute approximate surface area is 184 Å². The van der Waals surface area contributed by atoms with Crippen LogP contribution in [0.4, 0.5) is 28.9 Å². The topological polar surface area (TPSA) is 95.2 Å². The summed E-state index contributed by atoms with van der Waals surface area (Å²) in [6, 6.07) is 7.86. The molecule has 1 aliphatic rings. The van der Waals surface area contributed by atoms with Crippen LogP contribution in [0.25, 0.3) is 11.3 Å². The van der Waals surface area contributed by atoms with Crippen LogP contribution in [0.1, 0.15) is 24.1 Å². The molecule has 0 spiro atoms. The van der Waals surface area contributed by atoms with Gasteiger partial charge in [0.25, 0.3) is 5.56 Å². The Morgan fingerprint density at radius 3 is 2.55 bits per heavy atom. The summed E-state index contributed by atoms with van der Waals surface area (Å²) >= 11 is 0. The number of amides is 2. The third-order valence-corrected chi connectivity index (χ3v) is 5.22. The highest BCUT2D eigenvalue weighted by atomic mass is 19.4. The average molecular weight is 460 g/mol. The molecule has 2 amide bonds. The van der Waals surface area contributed by atoms with E-state index in [9.17, 15) is 31.9 Å². The Morgan fingerprint density at radius 1 is 1.18 bits per heavy atom. The Hall–Kier alpha value is -4.02. The molecule has 4 rings (SSSR count). The van der Waals surface area contributed by atoms with E-state index in [0.29, 0.717) is 11.3 Å². The van der Waals surface area contributed by atoms with Crippen molar-refractivity contribution >= 4 is 23.2 Å². The number of alkyl halides is 3. The van der Waals surface area contributed by atoms with E-state index in [2.05, 4.69) is 15.3 Å². The maximum atomic E-state index is 14.1. The smallest absolute Gasteiger partial charge is 0.325 e. The molecule has 0 saturated heterocycles. The monoisotopic (exact) mass is 460 g/mol. The average Bonchev–Trinajstić information content (AvgIpc) is 2.84. The van der Waals surface area contributed by atoms with E-state index in [0.717, 1.165) is 35.2 Å². The molecule has 7 nitrogen and oxygen atoms in total. The minimum absolute atomic E-state index is 0.0294. The molecule has 1 unspecified atom stereocenters. The first kappa shape index (κ1) is 22.2. The van der Waals surface area contributed by atoms with Crippen LogP contribution in [0, 0.1) is 5.82 Å². The molecule has 0 fully saturated rings. The lowest BCUT2D eigenvalue weighted by atomic mass is 10.0. The molecule has 0 aliphatic carbocycles. The highest BCUT2D eigenvalue weighted by Crippen LogP contribution is 2.38. The molecule has 3 aromatic rings. The number of benzene rings is 1. The standard InChI is InChI=1S/C22H16F4N4O3/c1-11-18-14(3-2-8-27-18)19-16(9-15(23)20(32)29-19)30(21(11)33)10-17(31)28-13-6-4-12(5-7-13)22(24,25)26/h2-9,11H,10H2,1H3,(H,28,31)(H,29,32). The van der Waals surface area contributed by atoms with Gasteiger partial charge in [-0.3, -0.25) is 19.4 Å². The Bertz CT molecular complexity index is 1300. The molecule has 0 bridgehead atoms. The van der Waals surface area contributed by atoms with Gasteiger partial charge >= 0.3 is 6.18 Å². The van der Waals surface area contributed by atoms with E-state index < -0.39 is 47.4 Å². The molecule has 1 aliphatic heterocycles. The molecule has 2 aromatic heterocycles. The predicted molar refractivity (Wildman–Crippen MR) is 111 cm³/mol. The Morgan fingerprint density at radius 2 is 1.88 bits per heavy atom. The van der Waals surface area contributed by atoms with Crippen LogP contribution < -0.4 is 15.8 Å². The van der Waals surface area contributed by atoms with Crippen molar-refractivity contribution in [3.63, 3.8) is 0 Å². The van der Waals surface area contributed by atoms with Crippen LogP contribution in [-0.4, -0.2) is 28.3 Å². The van der Waals surface area contributed by atoms with Gasteiger partial charge in [-0.25, -0.2) is 4.39 Å². The Balaban J connectivity index is 1.68. The first-order chi connectivity index (χ1) is 15.6. The number of carbonyl (C=O) groups excluding carboxylic acids is 2. The SMILES string of the molecule is CC1C(=O)N(CC(=O)Nc2ccc(C(F)(F)F)cc2)c2cc(F)c(=O)[nH]c2-c2cccnc21. The summed E-state index contributed by atoms with van der Waals surface area (Å²) in [5.41, 5.74) is -0.938. The summed E-state index contributed by atoms with van der Waals surface area (Å²) in [4.78, 5) is 45.4. The maximum Gasteiger partial charge on any atom is 0.416 e. The molecule has 1 aromatic carbocycles. The zero-order valence-corrected chi connectivity index (χ0v) is 17.0. The van der Waals surface area contributed by atoms with Crippen molar-refractivity contribution in [2.75, 3.05) is 16.8 Å². The zero-order chi connectivity index (χ0) is 23.9. The van der Waals surface area contributed by atoms with Gasteiger partial charge in [-0.2, -0.15) is 13.2 Å². The number of halogens is 4. The van der Waals surface area contributed by atoms with Crippen molar-refractivity contribution in [1.82, 2.24) is 9.97 Å². The summed E-state index contributed by atoms with van der Waals surface area (Å²) in [5, 5.41) is 2.42. The van der Waals surface area contributed by atoms with Crippen molar-refractivity contribution in [3.05, 3.63) is 76.1 Å². The molecule has 1 atom stereocenters. The van der Waals surface area contributed by atoms with Gasteiger partial charge in [0.1, 0.15) is 6.54 Å². The predicted octanol–water partition coefficient (Wildman–Crippen LogP) is 3.68. The maximum absolute atomic E-state index is 14.1. The number of aromatic amines is 1. The highest BCUT2D eigenvalue weighted by Gasteiger charge is 2.35. The summed E-state index contributed by atoms with van der Waals surface area (Å²) in [5.74, 6) is -3.26. The fraction of sp³-hybridized carbons (Fsp3) is 0.182. The minimum atomic E-state index is -4.52. The van der Waals surface area contributed by atoms with E-state index in [1.54, 1.807) is 19.1 Å². The lowest BCUT2D eigenvalue weighted by Crippen LogP contribution is -2.40. The molecular formula is C22H16F4N4O3. The van der Waals surface area contributed by atoms with Crippen LogP contribution in [0.15, 0.2) is 53.5 Å².